The monoisotopic (exact) mass is 171 g/mol. The van der Waals surface area contributed by atoms with Crippen molar-refractivity contribution in [2.24, 2.45) is 5.73 Å². The summed E-state index contributed by atoms with van der Waals surface area (Å²) in [6.45, 7) is 3.51. The second kappa shape index (κ2) is 3.44. The van der Waals surface area contributed by atoms with Gasteiger partial charge in [0.15, 0.2) is 0 Å². The number of ether oxygens (including phenoxy) is 1. The van der Waals surface area contributed by atoms with Gasteiger partial charge in [0.1, 0.15) is 6.10 Å². The molecule has 0 amide bonds. The van der Waals surface area contributed by atoms with Crippen LogP contribution in [0, 0.1) is 0 Å². The molecule has 70 valence electrons. The first-order chi connectivity index (χ1) is 5.49. The normalized spacial score (nSPS) is 36.1. The van der Waals surface area contributed by atoms with Crippen molar-refractivity contribution < 1.29 is 9.53 Å². The molecule has 12 heavy (non-hydrogen) atoms. The number of nitrogens with two attached hydrogens (primary N) is 1. The largest absolute Gasteiger partial charge is 0.463 e. The Labute approximate surface area is 73.3 Å². The van der Waals surface area contributed by atoms with E-state index in [0.29, 0.717) is 0 Å². The van der Waals surface area contributed by atoms with E-state index in [1.165, 1.54) is 6.92 Å². The third kappa shape index (κ3) is 2.81. The van der Waals surface area contributed by atoms with E-state index in [2.05, 4.69) is 6.92 Å². The van der Waals surface area contributed by atoms with Gasteiger partial charge in [-0.05, 0) is 32.6 Å². The molecule has 1 aliphatic rings. The Bertz CT molecular complexity index is 167. The Morgan fingerprint density at radius 2 is 2.00 bits per heavy atom. The van der Waals surface area contributed by atoms with E-state index in [0.717, 1.165) is 25.7 Å². The molecule has 0 radical (unpaired) electrons. The van der Waals surface area contributed by atoms with Gasteiger partial charge < -0.3 is 10.5 Å². The number of carbonyl (C=O) groups is 1. The molecular formula is C9H17NO2. The summed E-state index contributed by atoms with van der Waals surface area (Å²) in [5.74, 6) is -0.180. The molecule has 0 bridgehead atoms. The molecular weight excluding hydrogens is 154 g/mol. The summed E-state index contributed by atoms with van der Waals surface area (Å²) < 4.78 is 5.09. The molecule has 1 aliphatic carbocycles. The van der Waals surface area contributed by atoms with Gasteiger partial charge >= 0.3 is 5.97 Å². The van der Waals surface area contributed by atoms with Gasteiger partial charge in [-0.1, -0.05) is 0 Å². The molecule has 0 spiro atoms. The van der Waals surface area contributed by atoms with Gasteiger partial charge in [0, 0.05) is 12.5 Å². The second-order valence-corrected chi connectivity index (χ2v) is 3.96. The van der Waals surface area contributed by atoms with Crippen molar-refractivity contribution in [1.29, 1.82) is 0 Å². The second-order valence-electron chi connectivity index (χ2n) is 3.96. The van der Waals surface area contributed by atoms with Gasteiger partial charge in [-0.15, -0.1) is 0 Å². The van der Waals surface area contributed by atoms with Crippen LogP contribution in [0.25, 0.3) is 0 Å². The van der Waals surface area contributed by atoms with Gasteiger partial charge in [-0.25, -0.2) is 0 Å². The van der Waals surface area contributed by atoms with Crippen molar-refractivity contribution in [1.82, 2.24) is 0 Å². The average molecular weight is 171 g/mol. The first kappa shape index (κ1) is 9.52. The van der Waals surface area contributed by atoms with Crippen LogP contribution in [0.3, 0.4) is 0 Å². The number of rotatable bonds is 1. The van der Waals surface area contributed by atoms with E-state index >= 15 is 0 Å². The minimum atomic E-state index is -0.180. The molecule has 0 saturated heterocycles. The van der Waals surface area contributed by atoms with Crippen LogP contribution in [-0.2, 0) is 9.53 Å². The Hall–Kier alpha value is -0.570. The molecule has 0 atom stereocenters. The molecule has 0 aromatic rings. The molecule has 3 nitrogen and oxygen atoms in total. The first-order valence-corrected chi connectivity index (χ1v) is 4.46. The summed E-state index contributed by atoms with van der Waals surface area (Å²) >= 11 is 0. The maximum absolute atomic E-state index is 10.6. The number of esters is 1. The highest BCUT2D eigenvalue weighted by Crippen LogP contribution is 2.27. The van der Waals surface area contributed by atoms with E-state index in [4.69, 9.17) is 10.5 Å². The summed E-state index contributed by atoms with van der Waals surface area (Å²) in [5, 5.41) is 0. The molecule has 3 heteroatoms. The summed E-state index contributed by atoms with van der Waals surface area (Å²) in [4.78, 5) is 10.6. The standard InChI is InChI=1S/C9H17NO2/c1-7(11)12-8-3-5-9(2,10)6-4-8/h8H,3-6,10H2,1-2H3/t8-,9+. The zero-order chi connectivity index (χ0) is 9.19. The molecule has 1 saturated carbocycles. The van der Waals surface area contributed by atoms with Crippen LogP contribution >= 0.6 is 0 Å². The van der Waals surface area contributed by atoms with Crippen LogP contribution in [0.4, 0.5) is 0 Å². The van der Waals surface area contributed by atoms with Crippen molar-refractivity contribution in [2.75, 3.05) is 0 Å². The quantitative estimate of drug-likeness (QED) is 0.603. The Balaban J connectivity index is 2.31. The Morgan fingerprint density at radius 3 is 2.42 bits per heavy atom. The minimum Gasteiger partial charge on any atom is -0.463 e. The van der Waals surface area contributed by atoms with Crippen molar-refractivity contribution in [3.63, 3.8) is 0 Å². The topological polar surface area (TPSA) is 52.3 Å². The summed E-state index contributed by atoms with van der Waals surface area (Å²) in [6, 6.07) is 0. The van der Waals surface area contributed by atoms with E-state index in [1.54, 1.807) is 0 Å². The molecule has 1 rings (SSSR count). The predicted octanol–water partition coefficient (Wildman–Crippen LogP) is 1.21. The van der Waals surface area contributed by atoms with Crippen LogP contribution < -0.4 is 5.73 Å². The maximum atomic E-state index is 10.6. The summed E-state index contributed by atoms with van der Waals surface area (Å²) in [5.41, 5.74) is 5.89. The van der Waals surface area contributed by atoms with Crippen LogP contribution in [0.1, 0.15) is 39.5 Å². The maximum Gasteiger partial charge on any atom is 0.302 e. The Morgan fingerprint density at radius 1 is 1.50 bits per heavy atom. The first-order valence-electron chi connectivity index (χ1n) is 4.46. The SMILES string of the molecule is CC(=O)O[C@H]1CC[C@@](C)(N)CC1. The minimum absolute atomic E-state index is 0.0450. The van der Waals surface area contributed by atoms with Crippen LogP contribution in [0.15, 0.2) is 0 Å². The fourth-order valence-electron chi connectivity index (χ4n) is 1.60. The van der Waals surface area contributed by atoms with Crippen molar-refractivity contribution in [3.05, 3.63) is 0 Å². The van der Waals surface area contributed by atoms with Crippen molar-refractivity contribution >= 4 is 5.97 Å². The molecule has 0 aromatic carbocycles. The fraction of sp³-hybridized carbons (Fsp3) is 0.889. The lowest BCUT2D eigenvalue weighted by Gasteiger charge is -2.33. The number of hydrogen-bond donors (Lipinski definition) is 1. The molecule has 2 N–H and O–H groups in total. The zero-order valence-corrected chi connectivity index (χ0v) is 7.80. The lowest BCUT2D eigenvalue weighted by atomic mass is 9.83. The van der Waals surface area contributed by atoms with Gasteiger partial charge in [0.05, 0.1) is 0 Å². The molecule has 1 fully saturated rings. The smallest absolute Gasteiger partial charge is 0.302 e. The fourth-order valence-corrected chi connectivity index (χ4v) is 1.60. The summed E-state index contributed by atoms with van der Waals surface area (Å²) in [7, 11) is 0. The lowest BCUT2D eigenvalue weighted by molar-refractivity contribution is -0.148. The number of carbonyl (C=O) groups excluding carboxylic acids is 1. The van der Waals surface area contributed by atoms with Crippen molar-refractivity contribution in [2.45, 2.75) is 51.2 Å². The van der Waals surface area contributed by atoms with Crippen LogP contribution in [0.2, 0.25) is 0 Å². The lowest BCUT2D eigenvalue weighted by Crippen LogP contribution is -2.42. The van der Waals surface area contributed by atoms with Gasteiger partial charge in [-0.3, -0.25) is 4.79 Å². The average Bonchev–Trinajstić information content (AvgIpc) is 1.93. The van der Waals surface area contributed by atoms with Crippen LogP contribution in [-0.4, -0.2) is 17.6 Å². The molecule has 0 aliphatic heterocycles. The van der Waals surface area contributed by atoms with E-state index < -0.39 is 0 Å². The highest BCUT2D eigenvalue weighted by molar-refractivity contribution is 5.66. The Kier molecular flexibility index (Phi) is 2.73. The van der Waals surface area contributed by atoms with Crippen LogP contribution in [0.5, 0.6) is 0 Å². The van der Waals surface area contributed by atoms with Gasteiger partial charge in [0.2, 0.25) is 0 Å². The van der Waals surface area contributed by atoms with E-state index in [9.17, 15) is 4.79 Å². The molecule has 0 unspecified atom stereocenters. The van der Waals surface area contributed by atoms with E-state index in [1.807, 2.05) is 0 Å². The zero-order valence-electron chi connectivity index (χ0n) is 7.80. The third-order valence-electron chi connectivity index (χ3n) is 2.41. The predicted molar refractivity (Wildman–Crippen MR) is 46.6 cm³/mol. The molecule has 0 aromatic heterocycles. The number of hydrogen-bond acceptors (Lipinski definition) is 3. The van der Waals surface area contributed by atoms with Gasteiger partial charge in [-0.2, -0.15) is 0 Å². The highest BCUT2D eigenvalue weighted by Gasteiger charge is 2.28. The highest BCUT2D eigenvalue weighted by atomic mass is 16.5. The van der Waals surface area contributed by atoms with Crippen molar-refractivity contribution in [3.8, 4) is 0 Å². The van der Waals surface area contributed by atoms with E-state index in [-0.39, 0.29) is 17.6 Å². The van der Waals surface area contributed by atoms with Gasteiger partial charge in [0.25, 0.3) is 0 Å². The third-order valence-corrected chi connectivity index (χ3v) is 2.41. The summed E-state index contributed by atoms with van der Waals surface area (Å²) in [6.07, 6.45) is 3.83. The molecule has 0 heterocycles.